The molecule has 16 heavy (non-hydrogen) atoms. The van der Waals surface area contributed by atoms with E-state index in [9.17, 15) is 0 Å². The van der Waals surface area contributed by atoms with Gasteiger partial charge in [0.2, 0.25) is 0 Å². The molecule has 0 radical (unpaired) electrons. The summed E-state index contributed by atoms with van der Waals surface area (Å²) in [6.45, 7) is 1.24. The average Bonchev–Trinajstić information content (AvgIpc) is 3.14. The van der Waals surface area contributed by atoms with Crippen LogP contribution in [0.15, 0.2) is 30.3 Å². The molecule has 3 rings (SSSR count). The van der Waals surface area contributed by atoms with Crippen LogP contribution in [0.1, 0.15) is 43.6 Å². The third-order valence-corrected chi connectivity index (χ3v) is 4.18. The van der Waals surface area contributed by atoms with Gasteiger partial charge in [-0.05, 0) is 43.2 Å². The van der Waals surface area contributed by atoms with Crippen LogP contribution >= 0.6 is 0 Å². The molecular weight excluding hydrogens is 194 g/mol. The highest BCUT2D eigenvalue weighted by molar-refractivity contribution is 5.26. The summed E-state index contributed by atoms with van der Waals surface area (Å²) in [6, 6.07) is 11.8. The van der Waals surface area contributed by atoms with Gasteiger partial charge >= 0.3 is 0 Å². The van der Waals surface area contributed by atoms with Gasteiger partial charge in [-0.15, -0.1) is 0 Å². The van der Waals surface area contributed by atoms with Crippen LogP contribution in [-0.4, -0.2) is 12.6 Å². The van der Waals surface area contributed by atoms with Crippen LogP contribution in [0.25, 0.3) is 0 Å². The minimum Gasteiger partial charge on any atom is -0.314 e. The Hall–Kier alpha value is -0.820. The number of nitrogens with one attached hydrogen (secondary N) is 1. The molecule has 0 aromatic heterocycles. The van der Waals surface area contributed by atoms with E-state index < -0.39 is 0 Å². The second-order valence-corrected chi connectivity index (χ2v) is 5.33. The van der Waals surface area contributed by atoms with E-state index in [0.29, 0.717) is 0 Å². The van der Waals surface area contributed by atoms with E-state index in [4.69, 9.17) is 0 Å². The Morgan fingerprint density at radius 1 is 1.00 bits per heavy atom. The average molecular weight is 215 g/mol. The SMILES string of the molecule is c1ccc(C2CC2C2CCCCCN2)cc1. The maximum absolute atomic E-state index is 3.74. The summed E-state index contributed by atoms with van der Waals surface area (Å²) < 4.78 is 0. The van der Waals surface area contributed by atoms with Crippen molar-refractivity contribution in [2.45, 2.75) is 44.1 Å². The Labute approximate surface area is 98.3 Å². The Kier molecular flexibility index (Phi) is 2.96. The number of rotatable bonds is 2. The van der Waals surface area contributed by atoms with Crippen LogP contribution in [0.3, 0.4) is 0 Å². The first-order valence-electron chi connectivity index (χ1n) is 6.73. The fraction of sp³-hybridized carbons (Fsp3) is 0.600. The van der Waals surface area contributed by atoms with E-state index in [-0.39, 0.29) is 0 Å². The van der Waals surface area contributed by atoms with Crippen molar-refractivity contribution in [3.8, 4) is 0 Å². The van der Waals surface area contributed by atoms with Crippen molar-refractivity contribution in [2.24, 2.45) is 5.92 Å². The third kappa shape index (κ3) is 2.15. The van der Waals surface area contributed by atoms with Gasteiger partial charge in [0.05, 0.1) is 0 Å². The monoisotopic (exact) mass is 215 g/mol. The van der Waals surface area contributed by atoms with Crippen molar-refractivity contribution in [3.05, 3.63) is 35.9 Å². The number of hydrogen-bond acceptors (Lipinski definition) is 1. The molecule has 0 spiro atoms. The lowest BCUT2D eigenvalue weighted by Gasteiger charge is -2.15. The van der Waals surface area contributed by atoms with Gasteiger partial charge in [0.1, 0.15) is 0 Å². The first kappa shape index (κ1) is 10.3. The van der Waals surface area contributed by atoms with Gasteiger partial charge < -0.3 is 5.32 Å². The summed E-state index contributed by atoms with van der Waals surface area (Å²) in [6.07, 6.45) is 7.02. The van der Waals surface area contributed by atoms with Crippen LogP contribution in [0, 0.1) is 5.92 Å². The van der Waals surface area contributed by atoms with E-state index in [0.717, 1.165) is 17.9 Å². The highest BCUT2D eigenvalue weighted by Gasteiger charge is 2.43. The molecule has 1 aromatic carbocycles. The molecule has 86 valence electrons. The molecule has 1 aliphatic carbocycles. The van der Waals surface area contributed by atoms with Gasteiger partial charge in [-0.2, -0.15) is 0 Å². The van der Waals surface area contributed by atoms with Crippen LogP contribution in [0.2, 0.25) is 0 Å². The van der Waals surface area contributed by atoms with Crippen molar-refractivity contribution >= 4 is 0 Å². The third-order valence-electron chi connectivity index (χ3n) is 4.18. The molecule has 3 atom stereocenters. The lowest BCUT2D eigenvalue weighted by atomic mass is 10.0. The highest BCUT2D eigenvalue weighted by atomic mass is 14.9. The van der Waals surface area contributed by atoms with Gasteiger partial charge in [0, 0.05) is 6.04 Å². The summed E-state index contributed by atoms with van der Waals surface area (Å²) in [4.78, 5) is 0. The zero-order chi connectivity index (χ0) is 10.8. The minimum atomic E-state index is 0.799. The molecular formula is C15H21N. The maximum atomic E-state index is 3.74. The number of benzene rings is 1. The minimum absolute atomic E-state index is 0.799. The normalized spacial score (nSPS) is 34.4. The smallest absolute Gasteiger partial charge is 0.0101 e. The van der Waals surface area contributed by atoms with Gasteiger partial charge in [-0.1, -0.05) is 43.2 Å². The summed E-state index contributed by atoms with van der Waals surface area (Å²) in [5.41, 5.74) is 1.55. The standard InChI is InChI=1S/C15H21N/c1-3-7-12(8-4-1)13-11-14(13)15-9-5-2-6-10-16-15/h1,3-4,7-8,13-16H,2,5-6,9-11H2. The molecule has 1 aliphatic heterocycles. The van der Waals surface area contributed by atoms with E-state index in [2.05, 4.69) is 35.6 Å². The lowest BCUT2D eigenvalue weighted by molar-refractivity contribution is 0.452. The lowest BCUT2D eigenvalue weighted by Crippen LogP contribution is -2.30. The molecule has 0 bridgehead atoms. The first-order chi connectivity index (χ1) is 7.95. The predicted molar refractivity (Wildman–Crippen MR) is 67.5 cm³/mol. The van der Waals surface area contributed by atoms with Gasteiger partial charge in [0.25, 0.3) is 0 Å². The molecule has 1 saturated heterocycles. The van der Waals surface area contributed by atoms with Crippen LogP contribution in [0.5, 0.6) is 0 Å². The van der Waals surface area contributed by atoms with E-state index in [1.165, 1.54) is 38.6 Å². The quantitative estimate of drug-likeness (QED) is 0.798. The zero-order valence-corrected chi connectivity index (χ0v) is 9.86. The molecule has 1 heterocycles. The summed E-state index contributed by atoms with van der Waals surface area (Å²) in [5, 5.41) is 3.74. The van der Waals surface area contributed by atoms with Gasteiger partial charge in [0.15, 0.2) is 0 Å². The second kappa shape index (κ2) is 4.58. The Balaban J connectivity index is 1.62. The molecule has 1 nitrogen and oxygen atoms in total. The van der Waals surface area contributed by atoms with Crippen molar-refractivity contribution in [3.63, 3.8) is 0 Å². The molecule has 1 aromatic rings. The van der Waals surface area contributed by atoms with E-state index >= 15 is 0 Å². The van der Waals surface area contributed by atoms with Gasteiger partial charge in [-0.25, -0.2) is 0 Å². The van der Waals surface area contributed by atoms with Crippen LogP contribution in [-0.2, 0) is 0 Å². The molecule has 2 aliphatic rings. The van der Waals surface area contributed by atoms with Crippen molar-refractivity contribution < 1.29 is 0 Å². The summed E-state index contributed by atoms with van der Waals surface area (Å²) >= 11 is 0. The summed E-state index contributed by atoms with van der Waals surface area (Å²) in [5.74, 6) is 1.76. The Morgan fingerprint density at radius 2 is 1.88 bits per heavy atom. The maximum Gasteiger partial charge on any atom is 0.0101 e. The molecule has 3 unspecified atom stereocenters. The molecule has 1 N–H and O–H groups in total. The summed E-state index contributed by atoms with van der Waals surface area (Å²) in [7, 11) is 0. The fourth-order valence-electron chi connectivity index (χ4n) is 3.16. The van der Waals surface area contributed by atoms with Crippen LogP contribution in [0.4, 0.5) is 0 Å². The van der Waals surface area contributed by atoms with E-state index in [1.807, 2.05) is 0 Å². The Bertz CT molecular complexity index is 325. The van der Waals surface area contributed by atoms with Crippen molar-refractivity contribution in [1.29, 1.82) is 0 Å². The molecule has 1 saturated carbocycles. The second-order valence-electron chi connectivity index (χ2n) is 5.33. The zero-order valence-electron chi connectivity index (χ0n) is 9.86. The van der Waals surface area contributed by atoms with Crippen molar-refractivity contribution in [1.82, 2.24) is 5.32 Å². The predicted octanol–water partition coefficient (Wildman–Crippen LogP) is 3.32. The molecule has 1 heteroatoms. The van der Waals surface area contributed by atoms with Crippen molar-refractivity contribution in [2.75, 3.05) is 6.54 Å². The highest BCUT2D eigenvalue weighted by Crippen LogP contribution is 2.50. The topological polar surface area (TPSA) is 12.0 Å². The molecule has 0 amide bonds. The molecule has 2 fully saturated rings. The van der Waals surface area contributed by atoms with Crippen LogP contribution < -0.4 is 5.32 Å². The van der Waals surface area contributed by atoms with E-state index in [1.54, 1.807) is 5.56 Å². The van der Waals surface area contributed by atoms with Gasteiger partial charge in [-0.3, -0.25) is 0 Å². The fourth-order valence-corrected chi connectivity index (χ4v) is 3.16. The Morgan fingerprint density at radius 3 is 2.75 bits per heavy atom. The first-order valence-corrected chi connectivity index (χ1v) is 6.73. The number of hydrogen-bond donors (Lipinski definition) is 1. The largest absolute Gasteiger partial charge is 0.314 e.